The summed E-state index contributed by atoms with van der Waals surface area (Å²) in [7, 11) is 17.8. The summed E-state index contributed by atoms with van der Waals surface area (Å²) >= 11 is -2.60. The topological polar surface area (TPSA) is 0 Å². The van der Waals surface area contributed by atoms with Crippen LogP contribution in [0.15, 0.2) is 0 Å². The third-order valence-electron chi connectivity index (χ3n) is 12.4. The Labute approximate surface area is 229 Å². The van der Waals surface area contributed by atoms with Crippen molar-refractivity contribution < 1.29 is 12.5 Å². The number of rotatable bonds is 8. The van der Waals surface area contributed by atoms with E-state index in [0.29, 0.717) is 0 Å². The van der Waals surface area contributed by atoms with Gasteiger partial charge >= 0.3 is 231 Å². The van der Waals surface area contributed by atoms with Gasteiger partial charge in [0, 0.05) is 0 Å². The zero-order valence-electron chi connectivity index (χ0n) is 22.5. The maximum atomic E-state index is 8.90. The Morgan fingerprint density at radius 3 is 0.600 bits per heavy atom. The normalized spacial score (nSPS) is 31.4. The summed E-state index contributed by atoms with van der Waals surface area (Å²) in [6.07, 6.45) is 36.6. The third-order valence-corrected chi connectivity index (χ3v) is 70.5. The van der Waals surface area contributed by atoms with Crippen LogP contribution in [0.2, 0.25) is 0 Å². The summed E-state index contributed by atoms with van der Waals surface area (Å²) in [6, 6.07) is 0. The van der Waals surface area contributed by atoms with E-state index in [9.17, 15) is 0 Å². The molecule has 0 spiro atoms. The SMILES string of the molecule is [Cl][Pd]([Cl])([PH](C1CCCC1)(C1CCCC1)C1CCCC1)[PH](C1CCCC1)(C1CCCC1)C1CCCC1. The molecule has 0 heterocycles. The predicted octanol–water partition coefficient (Wildman–Crippen LogP) is 11.4. The van der Waals surface area contributed by atoms with Gasteiger partial charge in [0.15, 0.2) is 0 Å². The van der Waals surface area contributed by atoms with Gasteiger partial charge in [-0.3, -0.25) is 0 Å². The van der Waals surface area contributed by atoms with Gasteiger partial charge in [-0.1, -0.05) is 0 Å². The van der Waals surface area contributed by atoms with Crippen LogP contribution in [0.5, 0.6) is 0 Å². The second-order valence-corrected chi connectivity index (χ2v) is 48.9. The molecule has 6 saturated carbocycles. The molecule has 6 fully saturated rings. The molecule has 0 bridgehead atoms. The Bertz CT molecular complexity index is 554. The average molecular weight is 656 g/mol. The molecule has 6 rings (SSSR count). The van der Waals surface area contributed by atoms with Crippen LogP contribution in [0.3, 0.4) is 0 Å². The average Bonchev–Trinajstić information content (AvgIpc) is 3.68. The van der Waals surface area contributed by atoms with Crippen LogP contribution in [-0.4, -0.2) is 34.0 Å². The van der Waals surface area contributed by atoms with Crippen molar-refractivity contribution in [1.82, 2.24) is 0 Å². The van der Waals surface area contributed by atoms with Crippen LogP contribution in [0.1, 0.15) is 154 Å². The van der Waals surface area contributed by atoms with Gasteiger partial charge in [0.1, 0.15) is 0 Å². The molecule has 0 atom stereocenters. The fraction of sp³-hybridized carbons (Fsp3) is 1.00. The van der Waals surface area contributed by atoms with Crippen molar-refractivity contribution in [2.75, 3.05) is 0 Å². The minimum atomic E-state index is -2.60. The molecular formula is C30H56Cl2P2Pd. The van der Waals surface area contributed by atoms with Crippen molar-refractivity contribution in [2.24, 2.45) is 0 Å². The fourth-order valence-corrected chi connectivity index (χ4v) is 94.2. The van der Waals surface area contributed by atoms with Gasteiger partial charge in [-0.2, -0.15) is 0 Å². The van der Waals surface area contributed by atoms with Crippen molar-refractivity contribution in [3.8, 4) is 0 Å². The summed E-state index contributed by atoms with van der Waals surface area (Å²) in [5, 5.41) is 0. The summed E-state index contributed by atoms with van der Waals surface area (Å²) < 4.78 is 0. The van der Waals surface area contributed by atoms with Crippen molar-refractivity contribution in [1.29, 1.82) is 0 Å². The Morgan fingerprint density at radius 1 is 0.314 bits per heavy atom. The first-order chi connectivity index (χ1) is 17.1. The van der Waals surface area contributed by atoms with Crippen LogP contribution < -0.4 is 0 Å². The van der Waals surface area contributed by atoms with Crippen molar-refractivity contribution in [3.63, 3.8) is 0 Å². The molecule has 0 saturated heterocycles. The number of hydrogen-bond acceptors (Lipinski definition) is 0. The Kier molecular flexibility index (Phi) is 8.99. The first kappa shape index (κ1) is 27.3. The second kappa shape index (κ2) is 11.5. The molecule has 0 aliphatic heterocycles. The molecule has 5 heteroatoms. The molecule has 0 N–H and O–H groups in total. The van der Waals surface area contributed by atoms with Gasteiger partial charge in [-0.15, -0.1) is 0 Å². The van der Waals surface area contributed by atoms with Crippen molar-refractivity contribution in [2.45, 2.75) is 188 Å². The Morgan fingerprint density at radius 2 is 0.457 bits per heavy atom. The summed E-state index contributed by atoms with van der Waals surface area (Å²) in [4.78, 5) is 0. The minimum absolute atomic E-state index is 1.02. The van der Waals surface area contributed by atoms with E-state index in [0.717, 1.165) is 34.0 Å². The van der Waals surface area contributed by atoms with E-state index in [1.165, 1.54) is 77.0 Å². The molecule has 0 nitrogen and oxygen atoms in total. The van der Waals surface area contributed by atoms with Crippen molar-refractivity contribution in [3.05, 3.63) is 0 Å². The summed E-state index contributed by atoms with van der Waals surface area (Å²) in [5.74, 6) is 0. The standard InChI is InChI=1S/2C15H27P.2ClH.Pd/c2*1-2-8-13(7-1)16(14-9-3-4-10-14)15-11-5-6-12-15;;;/h2*13-15H,1-12H2;2*1H;. The first-order valence-corrected chi connectivity index (χ1v) is 29.0. The molecule has 0 aromatic carbocycles. The van der Waals surface area contributed by atoms with E-state index in [-0.39, 0.29) is 0 Å². The quantitative estimate of drug-likeness (QED) is 0.180. The van der Waals surface area contributed by atoms with Crippen LogP contribution in [0, 0.1) is 0 Å². The first-order valence-electron chi connectivity index (χ1n) is 16.2. The molecule has 6 aliphatic carbocycles. The van der Waals surface area contributed by atoms with Gasteiger partial charge in [0.2, 0.25) is 0 Å². The monoisotopic (exact) mass is 654 g/mol. The molecule has 6 aliphatic rings. The van der Waals surface area contributed by atoms with Crippen molar-refractivity contribution >= 4 is 30.0 Å². The second-order valence-electron chi connectivity index (χ2n) is 13.8. The van der Waals surface area contributed by atoms with E-state index in [1.807, 2.05) is 0 Å². The number of halogens is 2. The zero-order chi connectivity index (χ0) is 23.9. The van der Waals surface area contributed by atoms with E-state index >= 15 is 0 Å². The molecule has 0 radical (unpaired) electrons. The molecule has 210 valence electrons. The van der Waals surface area contributed by atoms with Crippen LogP contribution in [0.4, 0.5) is 0 Å². The van der Waals surface area contributed by atoms with E-state index in [2.05, 4.69) is 0 Å². The fourth-order valence-electron chi connectivity index (χ4n) is 11.3. The van der Waals surface area contributed by atoms with E-state index in [1.54, 1.807) is 77.0 Å². The molecule has 0 unspecified atom stereocenters. The van der Waals surface area contributed by atoms with Crippen LogP contribution in [-0.2, 0) is 12.5 Å². The summed E-state index contributed by atoms with van der Waals surface area (Å²) in [6.45, 7) is 0. The van der Waals surface area contributed by atoms with E-state index in [4.69, 9.17) is 19.1 Å². The molecular weight excluding hydrogens is 600 g/mol. The van der Waals surface area contributed by atoms with Crippen LogP contribution >= 0.6 is 30.0 Å². The molecule has 0 amide bonds. The molecule has 35 heavy (non-hydrogen) atoms. The Hall–Kier alpha value is 2.10. The van der Waals surface area contributed by atoms with Gasteiger partial charge in [0.05, 0.1) is 0 Å². The third kappa shape index (κ3) is 4.36. The Balaban J connectivity index is 1.57. The number of hydrogen-bond donors (Lipinski definition) is 0. The van der Waals surface area contributed by atoms with E-state index < -0.39 is 23.4 Å². The van der Waals surface area contributed by atoms with Gasteiger partial charge in [-0.05, 0) is 0 Å². The van der Waals surface area contributed by atoms with Gasteiger partial charge in [0.25, 0.3) is 0 Å². The predicted molar refractivity (Wildman–Crippen MR) is 162 cm³/mol. The van der Waals surface area contributed by atoms with Crippen LogP contribution in [0.25, 0.3) is 0 Å². The molecule has 0 aromatic rings. The summed E-state index contributed by atoms with van der Waals surface area (Å²) in [5.41, 5.74) is 2.51. The molecule has 0 aromatic heterocycles. The van der Waals surface area contributed by atoms with Gasteiger partial charge < -0.3 is 0 Å². The maximum absolute atomic E-state index is 8.90. The zero-order valence-corrected chi connectivity index (χ0v) is 27.6. The van der Waals surface area contributed by atoms with Gasteiger partial charge in [-0.25, -0.2) is 0 Å².